The molecule has 0 aliphatic heterocycles. The Hall–Kier alpha value is -1.58. The van der Waals surface area contributed by atoms with Gasteiger partial charge >= 0.3 is 0 Å². The van der Waals surface area contributed by atoms with Crippen LogP contribution >= 0.6 is 23.2 Å². The lowest BCUT2D eigenvalue weighted by atomic mass is 9.80. The maximum Gasteiger partial charge on any atom is 0.224 e. The Morgan fingerprint density at radius 2 is 2.00 bits per heavy atom. The molecule has 1 aliphatic carbocycles. The number of hydrogen-bond donors (Lipinski definition) is 0. The number of fused-ring (bicyclic) bond motifs is 1. The molecule has 3 nitrogen and oxygen atoms in total. The Bertz CT molecular complexity index is 767. The summed E-state index contributed by atoms with van der Waals surface area (Å²) in [5.41, 5.74) is 4.22. The molecule has 1 aromatic carbocycles. The van der Waals surface area contributed by atoms with Gasteiger partial charge in [0.1, 0.15) is 10.9 Å². The summed E-state index contributed by atoms with van der Waals surface area (Å²) >= 11 is 12.1. The van der Waals surface area contributed by atoms with Crippen molar-refractivity contribution in [3.05, 3.63) is 57.6 Å². The molecule has 5 heteroatoms. The van der Waals surface area contributed by atoms with Gasteiger partial charge in [-0.1, -0.05) is 37.6 Å². The molecule has 1 unspecified atom stereocenters. The van der Waals surface area contributed by atoms with E-state index >= 15 is 0 Å². The number of halogens is 2. The summed E-state index contributed by atoms with van der Waals surface area (Å²) < 4.78 is 5.39. The molecule has 1 aromatic heterocycles. The number of nitrogens with zero attached hydrogens (tertiary/aromatic N) is 2. The fraction of sp³-hybridized carbons (Fsp3) is 0.368. The van der Waals surface area contributed by atoms with Crippen molar-refractivity contribution >= 4 is 28.8 Å². The predicted molar refractivity (Wildman–Crippen MR) is 98.8 cm³/mol. The van der Waals surface area contributed by atoms with Gasteiger partial charge < -0.3 is 4.74 Å². The van der Waals surface area contributed by atoms with Crippen LogP contribution in [0, 0.1) is 11.8 Å². The molecule has 0 bridgehead atoms. The summed E-state index contributed by atoms with van der Waals surface area (Å²) in [5, 5.41) is 0.509. The second-order valence-corrected chi connectivity index (χ2v) is 7.27. The third kappa shape index (κ3) is 3.73. The molecule has 0 spiro atoms. The van der Waals surface area contributed by atoms with Gasteiger partial charge in [0, 0.05) is 11.6 Å². The lowest BCUT2D eigenvalue weighted by Crippen LogP contribution is -2.14. The zero-order chi connectivity index (χ0) is 17.3. The van der Waals surface area contributed by atoms with Gasteiger partial charge in [-0.2, -0.15) is 0 Å². The molecule has 126 valence electrons. The van der Waals surface area contributed by atoms with Crippen LogP contribution in [0.25, 0.3) is 5.57 Å². The Morgan fingerprint density at radius 3 is 2.67 bits per heavy atom. The SMILES string of the molecule is COc1ccc2c(c1)C(c1cc(Cl)nc(Cl)n1)=CC(CC(C)C)C2. The van der Waals surface area contributed by atoms with E-state index in [1.54, 1.807) is 13.2 Å². The second-order valence-electron chi connectivity index (χ2n) is 6.54. The topological polar surface area (TPSA) is 35.0 Å². The van der Waals surface area contributed by atoms with Gasteiger partial charge in [-0.15, -0.1) is 0 Å². The molecule has 1 heterocycles. The van der Waals surface area contributed by atoms with E-state index in [1.165, 1.54) is 5.56 Å². The lowest BCUT2D eigenvalue weighted by Gasteiger charge is -2.26. The minimum Gasteiger partial charge on any atom is -0.497 e. The first kappa shape index (κ1) is 17.2. The van der Waals surface area contributed by atoms with Gasteiger partial charge in [0.2, 0.25) is 5.28 Å². The van der Waals surface area contributed by atoms with E-state index in [4.69, 9.17) is 27.9 Å². The van der Waals surface area contributed by atoms with E-state index in [0.717, 1.165) is 35.4 Å². The molecular formula is C19H20Cl2N2O. The standard InChI is InChI=1S/C19H20Cl2N2O/c1-11(2)6-12-7-13-4-5-14(24-3)9-15(13)16(8-12)17-10-18(20)23-19(21)22-17/h4-5,8-12H,6-7H2,1-3H3. The highest BCUT2D eigenvalue weighted by Crippen LogP contribution is 2.37. The van der Waals surface area contributed by atoms with Crippen LogP contribution in [0.15, 0.2) is 30.3 Å². The van der Waals surface area contributed by atoms with Crippen LogP contribution in [0.3, 0.4) is 0 Å². The summed E-state index contributed by atoms with van der Waals surface area (Å²) in [6.45, 7) is 4.49. The quantitative estimate of drug-likeness (QED) is 0.536. The second kappa shape index (κ2) is 7.12. The molecular weight excluding hydrogens is 343 g/mol. The largest absolute Gasteiger partial charge is 0.497 e. The highest BCUT2D eigenvalue weighted by atomic mass is 35.5. The Kier molecular flexibility index (Phi) is 5.12. The third-order valence-electron chi connectivity index (χ3n) is 4.21. The maximum atomic E-state index is 6.09. The lowest BCUT2D eigenvalue weighted by molar-refractivity contribution is 0.414. The van der Waals surface area contributed by atoms with Crippen LogP contribution in [0.5, 0.6) is 5.75 Å². The van der Waals surface area contributed by atoms with E-state index < -0.39 is 0 Å². The number of allylic oxidation sites excluding steroid dienone is 1. The van der Waals surface area contributed by atoms with Crippen molar-refractivity contribution in [2.75, 3.05) is 7.11 Å². The molecule has 2 aromatic rings. The molecule has 0 radical (unpaired) electrons. The fourth-order valence-corrected chi connectivity index (χ4v) is 3.70. The summed E-state index contributed by atoms with van der Waals surface area (Å²) in [6.07, 6.45) is 4.44. The van der Waals surface area contributed by atoms with Crippen LogP contribution in [-0.4, -0.2) is 17.1 Å². The number of aromatic nitrogens is 2. The normalized spacial score (nSPS) is 16.8. The van der Waals surface area contributed by atoms with Crippen molar-refractivity contribution in [2.45, 2.75) is 26.7 Å². The minimum atomic E-state index is 0.161. The average molecular weight is 363 g/mol. The molecule has 3 rings (SSSR count). The van der Waals surface area contributed by atoms with E-state index in [1.807, 2.05) is 6.07 Å². The van der Waals surface area contributed by atoms with Gasteiger partial charge in [0.25, 0.3) is 0 Å². The monoisotopic (exact) mass is 362 g/mol. The van der Waals surface area contributed by atoms with Crippen LogP contribution in [0.4, 0.5) is 0 Å². The molecule has 0 fully saturated rings. The zero-order valence-electron chi connectivity index (χ0n) is 14.0. The Labute approximate surface area is 152 Å². The van der Waals surface area contributed by atoms with Crippen molar-refractivity contribution in [3.63, 3.8) is 0 Å². The minimum absolute atomic E-state index is 0.161. The van der Waals surface area contributed by atoms with Crippen LogP contribution in [0.1, 0.15) is 37.1 Å². The van der Waals surface area contributed by atoms with Crippen molar-refractivity contribution in [1.29, 1.82) is 0 Å². The molecule has 1 aliphatic rings. The highest BCUT2D eigenvalue weighted by Gasteiger charge is 2.23. The number of benzene rings is 1. The smallest absolute Gasteiger partial charge is 0.224 e. The average Bonchev–Trinajstić information content (AvgIpc) is 2.52. The van der Waals surface area contributed by atoms with Gasteiger partial charge in [-0.05, 0) is 59.5 Å². The maximum absolute atomic E-state index is 6.09. The number of ether oxygens (including phenoxy) is 1. The van der Waals surface area contributed by atoms with Crippen molar-refractivity contribution in [3.8, 4) is 5.75 Å². The first-order valence-electron chi connectivity index (χ1n) is 8.06. The van der Waals surface area contributed by atoms with Crippen LogP contribution < -0.4 is 4.74 Å². The summed E-state index contributed by atoms with van der Waals surface area (Å²) in [5.74, 6) is 1.92. The van der Waals surface area contributed by atoms with Gasteiger partial charge in [-0.25, -0.2) is 9.97 Å². The predicted octanol–water partition coefficient (Wildman–Crippen LogP) is 5.44. The first-order chi connectivity index (χ1) is 11.5. The summed E-state index contributed by atoms with van der Waals surface area (Å²) in [6, 6.07) is 7.96. The number of rotatable bonds is 4. The summed E-state index contributed by atoms with van der Waals surface area (Å²) in [7, 11) is 1.67. The van der Waals surface area contributed by atoms with Gasteiger partial charge in [-0.3, -0.25) is 0 Å². The molecule has 0 N–H and O–H groups in total. The highest BCUT2D eigenvalue weighted by molar-refractivity contribution is 6.31. The van der Waals surface area contributed by atoms with E-state index in [9.17, 15) is 0 Å². The molecule has 1 atom stereocenters. The molecule has 0 amide bonds. The van der Waals surface area contributed by atoms with Gasteiger partial charge in [0.15, 0.2) is 0 Å². The van der Waals surface area contributed by atoms with E-state index in [-0.39, 0.29) is 5.28 Å². The molecule has 0 saturated heterocycles. The summed E-state index contributed by atoms with van der Waals surface area (Å²) in [4.78, 5) is 8.34. The zero-order valence-corrected chi connectivity index (χ0v) is 15.5. The molecule has 24 heavy (non-hydrogen) atoms. The van der Waals surface area contributed by atoms with Crippen molar-refractivity contribution in [1.82, 2.24) is 9.97 Å². The van der Waals surface area contributed by atoms with E-state index in [2.05, 4.69) is 42.0 Å². The van der Waals surface area contributed by atoms with Crippen LogP contribution in [-0.2, 0) is 6.42 Å². The third-order valence-corrected chi connectivity index (χ3v) is 4.57. The first-order valence-corrected chi connectivity index (χ1v) is 8.81. The molecule has 0 saturated carbocycles. The van der Waals surface area contributed by atoms with Crippen molar-refractivity contribution in [2.24, 2.45) is 11.8 Å². The number of methoxy groups -OCH3 is 1. The van der Waals surface area contributed by atoms with Crippen LogP contribution in [0.2, 0.25) is 10.4 Å². The van der Waals surface area contributed by atoms with E-state index in [0.29, 0.717) is 17.0 Å². The fourth-order valence-electron chi connectivity index (χ4n) is 3.29. The Balaban J connectivity index is 2.12. The Morgan fingerprint density at radius 1 is 1.21 bits per heavy atom. The van der Waals surface area contributed by atoms with Crippen molar-refractivity contribution < 1.29 is 4.74 Å². The number of hydrogen-bond acceptors (Lipinski definition) is 3. The van der Waals surface area contributed by atoms with Gasteiger partial charge in [0.05, 0.1) is 12.8 Å².